The first-order valence-electron chi connectivity index (χ1n) is 6.94. The highest BCUT2D eigenvalue weighted by atomic mass is 19.4. The van der Waals surface area contributed by atoms with Crippen molar-refractivity contribution in [1.29, 1.82) is 0 Å². The van der Waals surface area contributed by atoms with Crippen molar-refractivity contribution >= 4 is 5.97 Å². The Bertz CT molecular complexity index is 489. The van der Waals surface area contributed by atoms with E-state index in [4.69, 9.17) is 5.11 Å². The zero-order valence-electron chi connectivity index (χ0n) is 11.4. The van der Waals surface area contributed by atoms with E-state index in [-0.39, 0.29) is 31.6 Å². The van der Waals surface area contributed by atoms with Gasteiger partial charge in [-0.1, -0.05) is 12.8 Å². The monoisotopic (exact) mass is 306 g/mol. The first-order valence-corrected chi connectivity index (χ1v) is 6.94. The van der Waals surface area contributed by atoms with E-state index in [0.717, 1.165) is 6.42 Å². The highest BCUT2D eigenvalue weighted by Crippen LogP contribution is 2.45. The zero-order chi connectivity index (χ0) is 15.5. The van der Waals surface area contributed by atoms with Gasteiger partial charge in [0.15, 0.2) is 5.82 Å². The van der Waals surface area contributed by atoms with Gasteiger partial charge in [0, 0.05) is 18.9 Å². The van der Waals surface area contributed by atoms with Gasteiger partial charge in [0.05, 0.1) is 5.92 Å². The lowest BCUT2D eigenvalue weighted by molar-refractivity contribution is -0.188. The summed E-state index contributed by atoms with van der Waals surface area (Å²) in [5, 5.41) is 19.5. The molecular formula is C12H17F3N4O2. The second-order valence-electron chi connectivity index (χ2n) is 5.30. The van der Waals surface area contributed by atoms with Crippen molar-refractivity contribution in [2.75, 3.05) is 0 Å². The average molecular weight is 306 g/mol. The Labute approximate surface area is 119 Å². The molecule has 0 bridgehead atoms. The summed E-state index contributed by atoms with van der Waals surface area (Å²) in [6.45, 7) is 0.218. The highest BCUT2D eigenvalue weighted by Gasteiger charge is 2.47. The summed E-state index contributed by atoms with van der Waals surface area (Å²) in [5.41, 5.74) is 0. The van der Waals surface area contributed by atoms with E-state index < -0.39 is 24.0 Å². The number of alkyl halides is 3. The molecule has 1 aromatic heterocycles. The molecule has 2 atom stereocenters. The number of aromatic nitrogens is 4. The maximum absolute atomic E-state index is 13.1. The normalized spacial score (nSPS) is 23.2. The number of carboxylic acid groups (broad SMARTS) is 1. The molecule has 1 saturated carbocycles. The fraction of sp³-hybridized carbons (Fsp3) is 0.833. The van der Waals surface area contributed by atoms with Gasteiger partial charge < -0.3 is 5.11 Å². The summed E-state index contributed by atoms with van der Waals surface area (Å²) < 4.78 is 40.7. The van der Waals surface area contributed by atoms with Gasteiger partial charge in [-0.15, -0.1) is 5.10 Å². The molecule has 0 saturated heterocycles. The van der Waals surface area contributed by atoms with Gasteiger partial charge >= 0.3 is 12.1 Å². The van der Waals surface area contributed by atoms with Crippen LogP contribution in [0.1, 0.15) is 50.3 Å². The van der Waals surface area contributed by atoms with Crippen molar-refractivity contribution in [3.8, 4) is 0 Å². The van der Waals surface area contributed by atoms with Crippen LogP contribution in [0.3, 0.4) is 0 Å². The van der Waals surface area contributed by atoms with Crippen LogP contribution in [0.5, 0.6) is 0 Å². The maximum Gasteiger partial charge on any atom is 0.392 e. The van der Waals surface area contributed by atoms with Crippen molar-refractivity contribution in [2.24, 2.45) is 5.92 Å². The van der Waals surface area contributed by atoms with E-state index in [2.05, 4.69) is 15.5 Å². The fourth-order valence-electron chi connectivity index (χ4n) is 2.85. The molecule has 1 aliphatic carbocycles. The topological polar surface area (TPSA) is 80.9 Å². The van der Waals surface area contributed by atoms with Crippen molar-refractivity contribution in [1.82, 2.24) is 20.2 Å². The largest absolute Gasteiger partial charge is 0.481 e. The van der Waals surface area contributed by atoms with Gasteiger partial charge in [0.2, 0.25) is 0 Å². The Kier molecular flexibility index (Phi) is 4.79. The zero-order valence-corrected chi connectivity index (χ0v) is 11.4. The second-order valence-corrected chi connectivity index (χ2v) is 5.30. The first-order chi connectivity index (χ1) is 9.89. The van der Waals surface area contributed by atoms with Crippen LogP contribution in [0.15, 0.2) is 0 Å². The molecule has 21 heavy (non-hydrogen) atoms. The number of hydrogen-bond acceptors (Lipinski definition) is 4. The summed E-state index contributed by atoms with van der Waals surface area (Å²) in [5.74, 6) is -2.88. The molecule has 9 heteroatoms. The molecule has 0 aliphatic heterocycles. The highest BCUT2D eigenvalue weighted by molar-refractivity contribution is 5.66. The molecule has 1 aromatic rings. The molecular weight excluding hydrogens is 289 g/mol. The van der Waals surface area contributed by atoms with Crippen LogP contribution in [-0.2, 0) is 11.3 Å². The number of tetrazole rings is 1. The molecule has 0 amide bonds. The molecule has 2 rings (SSSR count). The summed E-state index contributed by atoms with van der Waals surface area (Å²) >= 11 is 0. The fourth-order valence-corrected chi connectivity index (χ4v) is 2.85. The Morgan fingerprint density at radius 3 is 2.71 bits per heavy atom. The van der Waals surface area contributed by atoms with Crippen molar-refractivity contribution in [3.63, 3.8) is 0 Å². The minimum Gasteiger partial charge on any atom is -0.481 e. The smallest absolute Gasteiger partial charge is 0.392 e. The van der Waals surface area contributed by atoms with Crippen LogP contribution in [-0.4, -0.2) is 37.5 Å². The Balaban J connectivity index is 2.12. The lowest BCUT2D eigenvalue weighted by Crippen LogP contribution is -2.33. The number of carbonyl (C=O) groups is 1. The van der Waals surface area contributed by atoms with Gasteiger partial charge in [-0.3, -0.25) is 4.79 Å². The van der Waals surface area contributed by atoms with Crippen molar-refractivity contribution < 1.29 is 23.1 Å². The number of aryl methyl sites for hydroxylation is 1. The number of carboxylic acids is 1. The molecule has 6 nitrogen and oxygen atoms in total. The third kappa shape index (κ3) is 3.92. The summed E-state index contributed by atoms with van der Waals surface area (Å²) in [4.78, 5) is 10.5. The Hall–Kier alpha value is -1.67. The van der Waals surface area contributed by atoms with Crippen molar-refractivity contribution in [3.05, 3.63) is 5.82 Å². The minimum atomic E-state index is -4.26. The van der Waals surface area contributed by atoms with E-state index in [0.29, 0.717) is 12.8 Å². The van der Waals surface area contributed by atoms with Gasteiger partial charge in [-0.05, 0) is 29.7 Å². The maximum atomic E-state index is 13.1. The third-order valence-corrected chi connectivity index (χ3v) is 3.84. The lowest BCUT2D eigenvalue weighted by Gasteiger charge is -2.32. The Morgan fingerprint density at radius 2 is 2.05 bits per heavy atom. The van der Waals surface area contributed by atoms with Crippen LogP contribution in [0.2, 0.25) is 0 Å². The molecule has 1 N–H and O–H groups in total. The van der Waals surface area contributed by atoms with Crippen LogP contribution in [0.4, 0.5) is 13.2 Å². The minimum absolute atomic E-state index is 0.0628. The second kappa shape index (κ2) is 6.40. The number of hydrogen-bond donors (Lipinski definition) is 1. The summed E-state index contributed by atoms with van der Waals surface area (Å²) in [6.07, 6.45) is -2.26. The first kappa shape index (κ1) is 15.7. The SMILES string of the molecule is O=C(O)CCCn1nnnc1C1CCCCC1C(F)(F)F. The van der Waals surface area contributed by atoms with Gasteiger partial charge in [-0.2, -0.15) is 13.2 Å². The number of nitrogens with zero attached hydrogens (tertiary/aromatic N) is 4. The molecule has 118 valence electrons. The molecule has 0 radical (unpaired) electrons. The molecule has 1 heterocycles. The predicted octanol–water partition coefficient (Wildman–Crippen LogP) is 2.37. The van der Waals surface area contributed by atoms with E-state index in [1.807, 2.05) is 0 Å². The van der Waals surface area contributed by atoms with Gasteiger partial charge in [0.25, 0.3) is 0 Å². The van der Waals surface area contributed by atoms with Crippen LogP contribution >= 0.6 is 0 Å². The number of rotatable bonds is 5. The lowest BCUT2D eigenvalue weighted by atomic mass is 9.78. The van der Waals surface area contributed by atoms with E-state index in [9.17, 15) is 18.0 Å². The molecule has 1 fully saturated rings. The van der Waals surface area contributed by atoms with Crippen molar-refractivity contribution in [2.45, 2.75) is 57.2 Å². The summed E-state index contributed by atoms with van der Waals surface area (Å²) in [6, 6.07) is 0. The van der Waals surface area contributed by atoms with E-state index in [1.54, 1.807) is 0 Å². The van der Waals surface area contributed by atoms with E-state index in [1.165, 1.54) is 4.68 Å². The van der Waals surface area contributed by atoms with Crippen LogP contribution < -0.4 is 0 Å². The Morgan fingerprint density at radius 1 is 1.33 bits per heavy atom. The van der Waals surface area contributed by atoms with Crippen LogP contribution in [0.25, 0.3) is 0 Å². The predicted molar refractivity (Wildman–Crippen MR) is 65.4 cm³/mol. The van der Waals surface area contributed by atoms with Gasteiger partial charge in [0.1, 0.15) is 0 Å². The number of halogens is 3. The molecule has 2 unspecified atom stereocenters. The standard InChI is InChI=1S/C12H17F3N4O2/c13-12(14,15)9-5-2-1-4-8(9)11-16-17-18-19(11)7-3-6-10(20)21/h8-9H,1-7H2,(H,20,21). The van der Waals surface area contributed by atoms with Gasteiger partial charge in [-0.25, -0.2) is 4.68 Å². The van der Waals surface area contributed by atoms with E-state index >= 15 is 0 Å². The molecule has 1 aliphatic rings. The average Bonchev–Trinajstić information content (AvgIpc) is 2.85. The number of aliphatic carboxylic acids is 1. The third-order valence-electron chi connectivity index (χ3n) is 3.84. The molecule has 0 aromatic carbocycles. The summed E-state index contributed by atoms with van der Waals surface area (Å²) in [7, 11) is 0. The van der Waals surface area contributed by atoms with Crippen LogP contribution in [0, 0.1) is 5.92 Å². The quantitative estimate of drug-likeness (QED) is 0.903. The molecule has 0 spiro atoms.